The summed E-state index contributed by atoms with van der Waals surface area (Å²) in [4.78, 5) is 2.12. The maximum atomic E-state index is 9.57. The van der Waals surface area contributed by atoms with Gasteiger partial charge < -0.3 is 15.6 Å². The molecule has 4 fully saturated rings. The van der Waals surface area contributed by atoms with Crippen LogP contribution in [0.4, 0.5) is 0 Å². The van der Waals surface area contributed by atoms with E-state index in [1.807, 2.05) is 0 Å². The lowest BCUT2D eigenvalue weighted by atomic mass is 10.1. The Bertz CT molecular complexity index is 190. The van der Waals surface area contributed by atoms with Gasteiger partial charge in [0.2, 0.25) is 0 Å². The molecule has 0 atom stereocenters. The van der Waals surface area contributed by atoms with Gasteiger partial charge in [0.15, 0.2) is 0 Å². The standard InChI is InChI=1S/C6H12N4O3/c11-8-4-1-7-2-5(8)10(13)6(3-7)9(4)12/h4-6,11-13H,1-3H2. The first-order valence-corrected chi connectivity index (χ1v) is 4.32. The fourth-order valence-corrected chi connectivity index (χ4v) is 2.38. The molecular formula is C6H12N4O3. The topological polar surface area (TPSA) is 73.7 Å². The average Bonchev–Trinajstić information content (AvgIpc) is 2.12. The van der Waals surface area contributed by atoms with Gasteiger partial charge in [-0.05, 0) is 0 Å². The second-order valence-corrected chi connectivity index (χ2v) is 3.80. The van der Waals surface area contributed by atoms with Crippen molar-refractivity contribution >= 4 is 0 Å². The summed E-state index contributed by atoms with van der Waals surface area (Å²) < 4.78 is 0. The summed E-state index contributed by atoms with van der Waals surface area (Å²) in [5.74, 6) is 0. The van der Waals surface area contributed by atoms with Crippen molar-refractivity contribution in [3.05, 3.63) is 0 Å². The summed E-state index contributed by atoms with van der Waals surface area (Å²) in [6, 6.07) is 0. The van der Waals surface area contributed by atoms with E-state index in [0.717, 1.165) is 15.2 Å². The van der Waals surface area contributed by atoms with Crippen LogP contribution in [0.15, 0.2) is 0 Å². The first-order chi connectivity index (χ1) is 6.18. The van der Waals surface area contributed by atoms with Crippen LogP contribution in [0, 0.1) is 0 Å². The molecule has 4 heterocycles. The normalized spacial score (nSPS) is 51.9. The number of piperazine rings is 3. The number of rotatable bonds is 0. The first kappa shape index (κ1) is 8.06. The first-order valence-electron chi connectivity index (χ1n) is 4.32. The minimum absolute atomic E-state index is 0.402. The average molecular weight is 188 g/mol. The van der Waals surface area contributed by atoms with E-state index in [0.29, 0.717) is 19.6 Å². The molecule has 0 aliphatic carbocycles. The highest BCUT2D eigenvalue weighted by Crippen LogP contribution is 2.32. The molecule has 4 aliphatic rings. The quantitative estimate of drug-likeness (QED) is 0.422. The van der Waals surface area contributed by atoms with Gasteiger partial charge >= 0.3 is 0 Å². The fourth-order valence-electron chi connectivity index (χ4n) is 2.38. The van der Waals surface area contributed by atoms with Gasteiger partial charge in [-0.3, -0.25) is 4.90 Å². The molecular weight excluding hydrogens is 176 g/mol. The monoisotopic (exact) mass is 188 g/mol. The summed E-state index contributed by atoms with van der Waals surface area (Å²) in [6.07, 6.45) is -1.21. The van der Waals surface area contributed by atoms with Crippen LogP contribution in [-0.2, 0) is 0 Å². The van der Waals surface area contributed by atoms with Crippen LogP contribution < -0.4 is 0 Å². The summed E-state index contributed by atoms with van der Waals surface area (Å²) in [5, 5.41) is 31.7. The van der Waals surface area contributed by atoms with Crippen molar-refractivity contribution in [3.63, 3.8) is 0 Å². The molecule has 13 heavy (non-hydrogen) atoms. The van der Waals surface area contributed by atoms with E-state index in [4.69, 9.17) is 0 Å². The van der Waals surface area contributed by atoms with Gasteiger partial charge in [-0.15, -0.1) is 0 Å². The minimum atomic E-state index is -0.402. The van der Waals surface area contributed by atoms with Gasteiger partial charge in [0.05, 0.1) is 0 Å². The van der Waals surface area contributed by atoms with Gasteiger partial charge in [0, 0.05) is 19.6 Å². The van der Waals surface area contributed by atoms with Crippen molar-refractivity contribution in [1.29, 1.82) is 0 Å². The zero-order valence-electron chi connectivity index (χ0n) is 6.98. The Labute approximate surface area is 74.8 Å². The van der Waals surface area contributed by atoms with Gasteiger partial charge in [-0.1, -0.05) is 0 Å². The Balaban J connectivity index is 1.97. The largest absolute Gasteiger partial charge is 0.311 e. The van der Waals surface area contributed by atoms with Crippen LogP contribution in [0.25, 0.3) is 0 Å². The maximum Gasteiger partial charge on any atom is 0.127 e. The Morgan fingerprint density at radius 2 is 1.00 bits per heavy atom. The van der Waals surface area contributed by atoms with E-state index in [-0.39, 0.29) is 0 Å². The summed E-state index contributed by atoms with van der Waals surface area (Å²) >= 11 is 0. The van der Waals surface area contributed by atoms with E-state index in [1.165, 1.54) is 0 Å². The molecule has 4 saturated heterocycles. The zero-order chi connectivity index (χ0) is 9.16. The van der Waals surface area contributed by atoms with E-state index in [9.17, 15) is 15.6 Å². The van der Waals surface area contributed by atoms with Crippen molar-refractivity contribution in [2.24, 2.45) is 0 Å². The molecule has 0 aromatic rings. The van der Waals surface area contributed by atoms with Crippen LogP contribution in [0.3, 0.4) is 0 Å². The molecule has 4 aliphatic heterocycles. The predicted molar refractivity (Wildman–Crippen MR) is 38.7 cm³/mol. The third kappa shape index (κ3) is 0.868. The van der Waals surface area contributed by atoms with Gasteiger partial charge in [-0.25, -0.2) is 0 Å². The maximum absolute atomic E-state index is 9.57. The third-order valence-electron chi connectivity index (χ3n) is 3.10. The van der Waals surface area contributed by atoms with Crippen LogP contribution in [-0.4, -0.2) is 73.8 Å². The van der Waals surface area contributed by atoms with Crippen molar-refractivity contribution in [1.82, 2.24) is 20.1 Å². The Hall–Kier alpha value is -0.280. The SMILES string of the molecule is ON1C2CN3CC1N(O)C(C3)N2O. The number of hydroxylamine groups is 6. The molecule has 0 saturated carbocycles. The van der Waals surface area contributed by atoms with Gasteiger partial charge in [-0.2, -0.15) is 15.2 Å². The van der Waals surface area contributed by atoms with Crippen LogP contribution >= 0.6 is 0 Å². The number of hydrogen-bond acceptors (Lipinski definition) is 7. The lowest BCUT2D eigenvalue weighted by Gasteiger charge is -2.60. The predicted octanol–water partition coefficient (Wildman–Crippen LogP) is -1.62. The molecule has 3 N–H and O–H groups in total. The Morgan fingerprint density at radius 3 is 1.31 bits per heavy atom. The van der Waals surface area contributed by atoms with Crippen molar-refractivity contribution in [2.75, 3.05) is 19.6 Å². The van der Waals surface area contributed by atoms with E-state index < -0.39 is 18.5 Å². The lowest BCUT2D eigenvalue weighted by Crippen LogP contribution is -2.81. The number of hydrogen-bond donors (Lipinski definition) is 3. The van der Waals surface area contributed by atoms with E-state index in [2.05, 4.69) is 4.90 Å². The third-order valence-corrected chi connectivity index (χ3v) is 3.10. The molecule has 4 bridgehead atoms. The second-order valence-electron chi connectivity index (χ2n) is 3.80. The van der Waals surface area contributed by atoms with E-state index in [1.54, 1.807) is 0 Å². The summed E-state index contributed by atoms with van der Waals surface area (Å²) in [5.41, 5.74) is 0. The highest BCUT2D eigenvalue weighted by atomic mass is 16.6. The molecule has 4 rings (SSSR count). The molecule has 0 aromatic carbocycles. The Morgan fingerprint density at radius 1 is 0.692 bits per heavy atom. The molecule has 0 aromatic heterocycles. The van der Waals surface area contributed by atoms with Crippen molar-refractivity contribution in [2.45, 2.75) is 18.5 Å². The molecule has 0 spiro atoms. The smallest absolute Gasteiger partial charge is 0.127 e. The molecule has 7 nitrogen and oxygen atoms in total. The molecule has 7 heteroatoms. The molecule has 74 valence electrons. The van der Waals surface area contributed by atoms with Crippen LogP contribution in [0.1, 0.15) is 0 Å². The van der Waals surface area contributed by atoms with Crippen molar-refractivity contribution < 1.29 is 15.6 Å². The minimum Gasteiger partial charge on any atom is -0.311 e. The lowest BCUT2D eigenvalue weighted by molar-refractivity contribution is -0.450. The fraction of sp³-hybridized carbons (Fsp3) is 1.00. The van der Waals surface area contributed by atoms with Crippen LogP contribution in [0.2, 0.25) is 0 Å². The molecule has 0 radical (unpaired) electrons. The molecule has 0 amide bonds. The van der Waals surface area contributed by atoms with Gasteiger partial charge in [0.25, 0.3) is 0 Å². The highest BCUT2D eigenvalue weighted by Gasteiger charge is 2.54. The number of nitrogens with zero attached hydrogens (tertiary/aromatic N) is 4. The van der Waals surface area contributed by atoms with E-state index >= 15 is 0 Å². The zero-order valence-corrected chi connectivity index (χ0v) is 6.98. The van der Waals surface area contributed by atoms with Crippen molar-refractivity contribution in [3.8, 4) is 0 Å². The second kappa shape index (κ2) is 2.39. The summed E-state index contributed by atoms with van der Waals surface area (Å²) in [6.45, 7) is 1.86. The Kier molecular flexibility index (Phi) is 1.48. The van der Waals surface area contributed by atoms with Gasteiger partial charge in [0.1, 0.15) is 18.5 Å². The molecule has 0 unspecified atom stereocenters. The van der Waals surface area contributed by atoms with Crippen LogP contribution in [0.5, 0.6) is 0 Å². The summed E-state index contributed by atoms with van der Waals surface area (Å²) in [7, 11) is 0. The highest BCUT2D eigenvalue weighted by molar-refractivity contribution is 4.95.